The number of aliphatic hydroxyl groups is 6. The van der Waals surface area contributed by atoms with Gasteiger partial charge in [0, 0.05) is 12.1 Å². The number of hydrogen-bond acceptors (Lipinski definition) is 15. The van der Waals surface area contributed by atoms with Gasteiger partial charge in [-0.15, -0.1) is 0 Å². The van der Waals surface area contributed by atoms with Gasteiger partial charge in [0.15, 0.2) is 17.8 Å². The highest BCUT2D eigenvalue weighted by atomic mass is 16.7. The molecule has 0 amide bonds. The first kappa shape index (κ1) is 30.9. The first-order chi connectivity index (χ1) is 20.5. The van der Waals surface area contributed by atoms with E-state index in [1.165, 1.54) is 50.8 Å². The number of hydrogen-bond donors (Lipinski definition) is 7. The Kier molecular flexibility index (Phi) is 8.80. The second-order valence-corrected chi connectivity index (χ2v) is 10.2. The molecule has 5 rings (SSSR count). The molecule has 15 nitrogen and oxygen atoms in total. The van der Waals surface area contributed by atoms with Gasteiger partial charge in [0.05, 0.1) is 39.6 Å². The van der Waals surface area contributed by atoms with Gasteiger partial charge in [-0.25, -0.2) is 0 Å². The molecule has 1 aromatic heterocycles. The molecule has 8 atom stereocenters. The third-order valence-electron chi connectivity index (χ3n) is 7.46. The predicted molar refractivity (Wildman–Crippen MR) is 144 cm³/mol. The summed E-state index contributed by atoms with van der Waals surface area (Å²) in [6.45, 7) is -1.63. The van der Waals surface area contributed by atoms with Crippen molar-refractivity contribution in [1.29, 1.82) is 0 Å². The average molecular weight is 609 g/mol. The molecule has 3 aromatic rings. The first-order valence-electron chi connectivity index (χ1n) is 13.1. The molecule has 2 aliphatic rings. The standard InChI is InChI=1S/C28H32O15/c1-37-13-6-15(30)20-18(7-13)39-8-14(21(20)31)12-3-4-16(17(5-12)38-2)42-26-24(34)23(33)22(32)19(43-26)9-40-27-25(35)28(36,10-29)11-41-27/h3-8,19,22-27,29-30,32-36H,9-11H2,1-2H3/t19-,22+,23+,24-,25-,26-,27-,28-/m0/s1. The zero-order valence-corrected chi connectivity index (χ0v) is 23.0. The van der Waals surface area contributed by atoms with Crippen LogP contribution < -0.4 is 19.6 Å². The van der Waals surface area contributed by atoms with E-state index in [9.17, 15) is 40.5 Å². The molecule has 0 saturated carbocycles. The van der Waals surface area contributed by atoms with E-state index in [4.69, 9.17) is 32.8 Å². The summed E-state index contributed by atoms with van der Waals surface area (Å²) >= 11 is 0. The van der Waals surface area contributed by atoms with E-state index in [1.807, 2.05) is 0 Å². The summed E-state index contributed by atoms with van der Waals surface area (Å²) in [4.78, 5) is 13.2. The second kappa shape index (κ2) is 12.2. The fourth-order valence-corrected chi connectivity index (χ4v) is 4.86. The van der Waals surface area contributed by atoms with Gasteiger partial charge in [-0.05, 0) is 17.7 Å². The van der Waals surface area contributed by atoms with Crippen LogP contribution >= 0.6 is 0 Å². The van der Waals surface area contributed by atoms with Crippen LogP contribution in [0.4, 0.5) is 0 Å². The molecule has 43 heavy (non-hydrogen) atoms. The number of aliphatic hydroxyl groups excluding tert-OH is 5. The number of benzene rings is 2. The van der Waals surface area contributed by atoms with Crippen LogP contribution in [0.2, 0.25) is 0 Å². The number of phenolic OH excluding ortho intramolecular Hbond substituents is 1. The van der Waals surface area contributed by atoms with E-state index in [1.54, 1.807) is 0 Å². The van der Waals surface area contributed by atoms with Crippen LogP contribution in [-0.2, 0) is 14.2 Å². The summed E-state index contributed by atoms with van der Waals surface area (Å²) < 4.78 is 38.1. The summed E-state index contributed by atoms with van der Waals surface area (Å²) in [5, 5.41) is 71.4. The van der Waals surface area contributed by atoms with Crippen molar-refractivity contribution >= 4 is 11.0 Å². The second-order valence-electron chi connectivity index (χ2n) is 10.2. The van der Waals surface area contributed by atoms with Crippen molar-refractivity contribution in [3.8, 4) is 34.1 Å². The number of rotatable bonds is 9. The van der Waals surface area contributed by atoms with Crippen molar-refractivity contribution in [3.05, 3.63) is 46.8 Å². The molecule has 0 spiro atoms. The van der Waals surface area contributed by atoms with Crippen molar-refractivity contribution in [3.63, 3.8) is 0 Å². The van der Waals surface area contributed by atoms with E-state index in [0.717, 1.165) is 0 Å². The Hall–Kier alpha value is -3.51. The molecule has 15 heteroatoms. The van der Waals surface area contributed by atoms with Gasteiger partial charge in [-0.2, -0.15) is 0 Å². The number of phenols is 1. The normalized spacial score (nSPS) is 30.8. The van der Waals surface area contributed by atoms with Crippen LogP contribution in [0.5, 0.6) is 23.0 Å². The molecule has 0 aliphatic carbocycles. The van der Waals surface area contributed by atoms with E-state index in [2.05, 4.69) is 0 Å². The molecular weight excluding hydrogens is 576 g/mol. The average Bonchev–Trinajstić information content (AvgIpc) is 3.30. The summed E-state index contributed by atoms with van der Waals surface area (Å²) in [7, 11) is 2.74. The lowest BCUT2D eigenvalue weighted by Gasteiger charge is -2.40. The molecule has 7 N–H and O–H groups in total. The maximum absolute atomic E-state index is 13.2. The summed E-state index contributed by atoms with van der Waals surface area (Å²) in [5.74, 6) is 0.128. The monoisotopic (exact) mass is 608 g/mol. The van der Waals surface area contributed by atoms with Crippen LogP contribution in [0.25, 0.3) is 22.1 Å². The van der Waals surface area contributed by atoms with Gasteiger partial charge in [0.2, 0.25) is 11.7 Å². The van der Waals surface area contributed by atoms with Gasteiger partial charge in [0.25, 0.3) is 0 Å². The lowest BCUT2D eigenvalue weighted by Crippen LogP contribution is -2.60. The number of fused-ring (bicyclic) bond motifs is 1. The molecular formula is C28H32O15. The van der Waals surface area contributed by atoms with Crippen molar-refractivity contribution in [2.45, 2.75) is 48.7 Å². The summed E-state index contributed by atoms with van der Waals surface area (Å²) in [6, 6.07) is 7.13. The number of ether oxygens (including phenoxy) is 6. The SMILES string of the molecule is COc1cc(O)c2c(=O)c(-c3ccc(O[C@H]4O[C@@H](CO[C@H]5OC[C@@](O)(CO)[C@H]5O)[C@@H](O)[C@@H](O)[C@@H]4O)c(OC)c3)coc2c1. The third kappa shape index (κ3) is 5.74. The minimum absolute atomic E-state index is 0.0406. The topological polar surface area (TPSA) is 227 Å². The van der Waals surface area contributed by atoms with E-state index in [0.29, 0.717) is 11.3 Å². The van der Waals surface area contributed by atoms with Gasteiger partial charge in [-0.1, -0.05) is 6.07 Å². The van der Waals surface area contributed by atoms with Crippen LogP contribution in [-0.4, -0.2) is 118 Å². The van der Waals surface area contributed by atoms with Crippen LogP contribution in [0, 0.1) is 0 Å². The zero-order chi connectivity index (χ0) is 31.1. The lowest BCUT2D eigenvalue weighted by atomic mass is 9.99. The predicted octanol–water partition coefficient (Wildman–Crippen LogP) is -1.17. The van der Waals surface area contributed by atoms with E-state index in [-0.39, 0.29) is 33.8 Å². The molecule has 3 heterocycles. The van der Waals surface area contributed by atoms with Crippen molar-refractivity contribution in [2.24, 2.45) is 0 Å². The summed E-state index contributed by atoms with van der Waals surface area (Å²) in [6.07, 6.45) is -9.61. The van der Waals surface area contributed by atoms with Crippen LogP contribution in [0.3, 0.4) is 0 Å². The highest BCUT2D eigenvalue weighted by Gasteiger charge is 2.50. The van der Waals surface area contributed by atoms with Crippen molar-refractivity contribution < 1.29 is 68.6 Å². The van der Waals surface area contributed by atoms with E-state index < -0.39 is 74.0 Å². The maximum Gasteiger partial charge on any atom is 0.229 e. The number of methoxy groups -OCH3 is 2. The number of aromatic hydroxyl groups is 1. The fraction of sp³-hybridized carbons (Fsp3) is 0.464. The van der Waals surface area contributed by atoms with E-state index >= 15 is 0 Å². The molecule has 0 bridgehead atoms. The Bertz CT molecular complexity index is 1510. The Morgan fingerprint density at radius 3 is 2.42 bits per heavy atom. The zero-order valence-electron chi connectivity index (χ0n) is 23.0. The van der Waals surface area contributed by atoms with Gasteiger partial charge in [0.1, 0.15) is 64.9 Å². The third-order valence-corrected chi connectivity index (χ3v) is 7.46. The quantitative estimate of drug-likeness (QED) is 0.152. The van der Waals surface area contributed by atoms with Crippen molar-refractivity contribution in [1.82, 2.24) is 0 Å². The Morgan fingerprint density at radius 2 is 1.74 bits per heavy atom. The minimum Gasteiger partial charge on any atom is -0.507 e. The Labute approximate surface area is 243 Å². The molecule has 0 unspecified atom stereocenters. The van der Waals surface area contributed by atoms with Crippen LogP contribution in [0.15, 0.2) is 45.8 Å². The van der Waals surface area contributed by atoms with Gasteiger partial charge in [-0.3, -0.25) is 4.79 Å². The largest absolute Gasteiger partial charge is 0.507 e. The molecule has 2 saturated heterocycles. The van der Waals surface area contributed by atoms with Gasteiger partial charge < -0.3 is 68.6 Å². The fourth-order valence-electron chi connectivity index (χ4n) is 4.86. The minimum atomic E-state index is -1.93. The first-order valence-corrected chi connectivity index (χ1v) is 13.1. The molecule has 0 radical (unpaired) electrons. The van der Waals surface area contributed by atoms with Crippen LogP contribution in [0.1, 0.15) is 0 Å². The van der Waals surface area contributed by atoms with Gasteiger partial charge >= 0.3 is 0 Å². The smallest absolute Gasteiger partial charge is 0.229 e. The molecule has 234 valence electrons. The Morgan fingerprint density at radius 1 is 0.977 bits per heavy atom. The summed E-state index contributed by atoms with van der Waals surface area (Å²) in [5.41, 5.74) is -1.87. The maximum atomic E-state index is 13.2. The molecule has 2 aliphatic heterocycles. The molecule has 2 fully saturated rings. The molecule has 2 aromatic carbocycles. The van der Waals surface area contributed by atoms with Crippen molar-refractivity contribution in [2.75, 3.05) is 34.0 Å². The highest BCUT2D eigenvalue weighted by molar-refractivity contribution is 5.88. The Balaban J connectivity index is 1.34. The highest BCUT2D eigenvalue weighted by Crippen LogP contribution is 2.36. The lowest BCUT2D eigenvalue weighted by molar-refractivity contribution is -0.289.